The molecule has 1 amide bonds. The van der Waals surface area contributed by atoms with Crippen LogP contribution in [0.1, 0.15) is 470 Å². The maximum absolute atomic E-state index is 13.1. The summed E-state index contributed by atoms with van der Waals surface area (Å²) in [7, 11) is 1.34. The van der Waals surface area contributed by atoms with E-state index in [1.807, 2.05) is 21.1 Å². The second-order valence-electron chi connectivity index (χ2n) is 30.6. The molecule has 0 aromatic heterocycles. The Morgan fingerprint density at radius 2 is 0.538 bits per heavy atom. The van der Waals surface area contributed by atoms with Crippen molar-refractivity contribution in [3.05, 3.63) is 0 Å². The number of phosphoric acid groups is 1. The van der Waals surface area contributed by atoms with Gasteiger partial charge in [0.15, 0.2) is 0 Å². The molecule has 0 aliphatic carbocycles. The maximum Gasteiger partial charge on any atom is 0.268 e. The van der Waals surface area contributed by atoms with Crippen LogP contribution in [-0.4, -0.2) is 68.5 Å². The summed E-state index contributed by atoms with van der Waals surface area (Å²) in [5, 5.41) is 14.2. The third-order valence-electron chi connectivity index (χ3n) is 20.1. The molecule has 546 valence electrons. The highest BCUT2D eigenvalue weighted by atomic mass is 31.2. The van der Waals surface area contributed by atoms with Gasteiger partial charge in [0.25, 0.3) is 7.82 Å². The quantitative estimate of drug-likeness (QED) is 0.0357. The van der Waals surface area contributed by atoms with Crippen molar-refractivity contribution in [2.45, 2.75) is 482 Å². The van der Waals surface area contributed by atoms with E-state index >= 15 is 0 Å². The van der Waals surface area contributed by atoms with Gasteiger partial charge in [0.2, 0.25) is 5.91 Å². The molecular formula is C82H167N2O6P. The minimum absolute atomic E-state index is 0.0172. The van der Waals surface area contributed by atoms with Crippen LogP contribution in [0.5, 0.6) is 0 Å². The van der Waals surface area contributed by atoms with Crippen LogP contribution in [0.3, 0.4) is 0 Å². The highest BCUT2D eigenvalue weighted by Crippen LogP contribution is 2.38. The molecule has 0 aliphatic rings. The average molecular weight is 1310 g/mol. The van der Waals surface area contributed by atoms with Crippen LogP contribution < -0.4 is 10.2 Å². The first kappa shape index (κ1) is 90.5. The largest absolute Gasteiger partial charge is 0.756 e. The summed E-state index contributed by atoms with van der Waals surface area (Å²) in [6, 6.07) is -0.798. The van der Waals surface area contributed by atoms with Crippen LogP contribution in [-0.2, 0) is 18.4 Å². The topological polar surface area (TPSA) is 108 Å². The molecule has 9 heteroatoms. The van der Waals surface area contributed by atoms with Crippen molar-refractivity contribution in [2.24, 2.45) is 0 Å². The zero-order valence-corrected chi connectivity index (χ0v) is 63.8. The number of unbranched alkanes of at least 4 members (excludes halogenated alkanes) is 67. The van der Waals surface area contributed by atoms with Gasteiger partial charge in [0.1, 0.15) is 13.2 Å². The number of aliphatic hydroxyl groups is 1. The Bertz CT molecular complexity index is 1440. The van der Waals surface area contributed by atoms with Gasteiger partial charge >= 0.3 is 0 Å². The van der Waals surface area contributed by atoms with Crippen LogP contribution >= 0.6 is 7.82 Å². The van der Waals surface area contributed by atoms with E-state index in [9.17, 15) is 19.4 Å². The molecule has 91 heavy (non-hydrogen) atoms. The molecule has 0 aromatic carbocycles. The number of rotatable bonds is 80. The van der Waals surface area contributed by atoms with E-state index < -0.39 is 20.0 Å². The van der Waals surface area contributed by atoms with E-state index in [0.717, 1.165) is 38.5 Å². The van der Waals surface area contributed by atoms with E-state index in [2.05, 4.69) is 19.2 Å². The monoisotopic (exact) mass is 1310 g/mol. The van der Waals surface area contributed by atoms with Gasteiger partial charge in [0.05, 0.1) is 39.9 Å². The number of aliphatic hydroxyl groups excluding tert-OH is 1. The van der Waals surface area contributed by atoms with Crippen LogP contribution in [0.2, 0.25) is 0 Å². The lowest BCUT2D eigenvalue weighted by molar-refractivity contribution is -0.870. The lowest BCUT2D eigenvalue weighted by Gasteiger charge is -2.30. The summed E-state index contributed by atoms with van der Waals surface area (Å²) < 4.78 is 23.6. The number of quaternary nitrogens is 1. The second kappa shape index (κ2) is 73.7. The number of hydrogen-bond acceptors (Lipinski definition) is 6. The first-order chi connectivity index (χ1) is 44.5. The molecule has 0 aromatic rings. The van der Waals surface area contributed by atoms with E-state index in [4.69, 9.17) is 9.05 Å². The molecular weight excluding hydrogens is 1140 g/mol. The van der Waals surface area contributed by atoms with Crippen molar-refractivity contribution < 1.29 is 32.9 Å². The lowest BCUT2D eigenvalue weighted by Crippen LogP contribution is -2.46. The Labute approximate surface area is 571 Å². The molecule has 8 nitrogen and oxygen atoms in total. The molecule has 0 heterocycles. The number of carbonyl (C=O) groups excluding carboxylic acids is 1. The minimum atomic E-state index is -4.58. The Balaban J connectivity index is 3.86. The number of likely N-dealkylation sites (N-methyl/N-ethyl adjacent to an activating group) is 1. The molecule has 0 rings (SSSR count). The number of hydrogen-bond donors (Lipinski definition) is 2. The van der Waals surface area contributed by atoms with Gasteiger partial charge in [-0.1, -0.05) is 450 Å². The molecule has 0 saturated heterocycles. The first-order valence-electron chi connectivity index (χ1n) is 41.9. The molecule has 3 unspecified atom stereocenters. The van der Waals surface area contributed by atoms with Gasteiger partial charge in [0, 0.05) is 6.42 Å². The molecule has 0 fully saturated rings. The highest BCUT2D eigenvalue weighted by molar-refractivity contribution is 7.45. The summed E-state index contributed by atoms with van der Waals surface area (Å²) in [5.74, 6) is -0.151. The molecule has 0 aliphatic heterocycles. The summed E-state index contributed by atoms with van der Waals surface area (Å²) in [6.45, 7) is 4.82. The molecule has 0 spiro atoms. The van der Waals surface area contributed by atoms with Crippen LogP contribution in [0, 0.1) is 0 Å². The molecule has 0 bridgehead atoms. The zero-order chi connectivity index (χ0) is 66.2. The zero-order valence-electron chi connectivity index (χ0n) is 62.9. The molecule has 2 N–H and O–H groups in total. The van der Waals surface area contributed by atoms with Gasteiger partial charge in [-0.15, -0.1) is 0 Å². The normalized spacial score (nSPS) is 13.4. The summed E-state index contributed by atoms with van der Waals surface area (Å²) >= 11 is 0. The van der Waals surface area contributed by atoms with Crippen LogP contribution in [0.15, 0.2) is 0 Å². The van der Waals surface area contributed by atoms with Crippen molar-refractivity contribution in [2.75, 3.05) is 40.9 Å². The standard InChI is InChI=1S/C82H167N2O6P/c1-6-8-10-12-14-16-18-20-22-24-26-28-30-32-34-36-38-40-41-42-43-44-46-48-50-52-54-56-58-60-62-64-66-68-70-72-74-76-82(86)83-80(79-90-91(87,88)89-78-77-84(3,4)5)81(85)75-73-71-69-67-65-63-61-59-57-55-53-51-49-47-45-39-37-35-33-31-29-27-25-23-21-19-17-15-13-11-9-7-2/h80-81,85H,6-79H2,1-5H3,(H-,83,86,87,88). The van der Waals surface area contributed by atoms with Gasteiger partial charge in [-0.05, 0) is 12.8 Å². The van der Waals surface area contributed by atoms with Crippen LogP contribution in [0.4, 0.5) is 0 Å². The van der Waals surface area contributed by atoms with Crippen molar-refractivity contribution in [3.63, 3.8) is 0 Å². The fourth-order valence-corrected chi connectivity index (χ4v) is 14.4. The third-order valence-corrected chi connectivity index (χ3v) is 21.1. The third kappa shape index (κ3) is 76.7. The lowest BCUT2D eigenvalue weighted by atomic mass is 10.0. The van der Waals surface area contributed by atoms with Crippen molar-refractivity contribution in [1.82, 2.24) is 5.32 Å². The minimum Gasteiger partial charge on any atom is -0.756 e. The first-order valence-corrected chi connectivity index (χ1v) is 43.3. The Hall–Kier alpha value is -0.500. The summed E-state index contributed by atoms with van der Waals surface area (Å²) in [6.07, 6.45) is 95.4. The Morgan fingerprint density at radius 1 is 0.341 bits per heavy atom. The van der Waals surface area contributed by atoms with Gasteiger partial charge in [-0.3, -0.25) is 9.36 Å². The second-order valence-corrected chi connectivity index (χ2v) is 32.0. The number of nitrogens with one attached hydrogen (secondary N) is 1. The Morgan fingerprint density at radius 3 is 0.747 bits per heavy atom. The number of phosphoric ester groups is 1. The fourth-order valence-electron chi connectivity index (χ4n) is 13.6. The van der Waals surface area contributed by atoms with E-state index in [-0.39, 0.29) is 19.1 Å². The predicted octanol–water partition coefficient (Wildman–Crippen LogP) is 26.8. The SMILES string of the molecule is CCCCCCCCCCCCCCCCCCCCCCCCCCCCCCCCCCCCCCCC(=O)NC(COP(=O)([O-])OCC[N+](C)(C)C)C(O)CCCCCCCCCCCCCCCCCCCCCCCCCCCCCCCCCC. The van der Waals surface area contributed by atoms with Crippen molar-refractivity contribution in [1.29, 1.82) is 0 Å². The summed E-state index contributed by atoms with van der Waals surface area (Å²) in [4.78, 5) is 25.8. The van der Waals surface area contributed by atoms with E-state index in [0.29, 0.717) is 23.9 Å². The molecule has 0 radical (unpaired) electrons. The summed E-state index contributed by atoms with van der Waals surface area (Å²) in [5.41, 5.74) is 0. The number of nitrogens with zero attached hydrogens (tertiary/aromatic N) is 1. The Kier molecular flexibility index (Phi) is 73.3. The fraction of sp³-hybridized carbons (Fsp3) is 0.988. The van der Waals surface area contributed by atoms with Crippen molar-refractivity contribution in [3.8, 4) is 0 Å². The maximum atomic E-state index is 13.1. The smallest absolute Gasteiger partial charge is 0.268 e. The van der Waals surface area contributed by atoms with Crippen LogP contribution in [0.25, 0.3) is 0 Å². The van der Waals surface area contributed by atoms with Gasteiger partial charge < -0.3 is 28.8 Å². The average Bonchev–Trinajstić information content (AvgIpc) is 3.42. The van der Waals surface area contributed by atoms with E-state index in [1.165, 1.54) is 405 Å². The van der Waals surface area contributed by atoms with Crippen molar-refractivity contribution >= 4 is 13.7 Å². The van der Waals surface area contributed by atoms with Gasteiger partial charge in [-0.25, -0.2) is 0 Å². The number of amides is 1. The molecule has 3 atom stereocenters. The highest BCUT2D eigenvalue weighted by Gasteiger charge is 2.24. The van der Waals surface area contributed by atoms with Gasteiger partial charge in [-0.2, -0.15) is 0 Å². The number of carbonyl (C=O) groups is 1. The van der Waals surface area contributed by atoms with E-state index in [1.54, 1.807) is 0 Å². The predicted molar refractivity (Wildman–Crippen MR) is 400 cm³/mol. The molecule has 0 saturated carbocycles.